The van der Waals surface area contributed by atoms with Crippen LogP contribution >= 0.6 is 0 Å². The Morgan fingerprint density at radius 1 is 1.06 bits per heavy atom. The van der Waals surface area contributed by atoms with Crippen molar-refractivity contribution in [2.75, 3.05) is 0 Å². The minimum atomic E-state index is 0.613. The second-order valence-corrected chi connectivity index (χ2v) is 6.16. The van der Waals surface area contributed by atoms with Crippen molar-refractivity contribution >= 4 is 0 Å². The average molecular weight is 238 g/mol. The van der Waals surface area contributed by atoms with Crippen molar-refractivity contribution in [1.82, 2.24) is 0 Å². The quantitative estimate of drug-likeness (QED) is 0.639. The summed E-state index contributed by atoms with van der Waals surface area (Å²) in [5.74, 6) is 2.16. The number of hydrogen-bond acceptors (Lipinski definition) is 0. The maximum atomic E-state index is 2.45. The first-order valence-corrected chi connectivity index (χ1v) is 7.11. The Morgan fingerprint density at radius 3 is 2.50 bits per heavy atom. The van der Waals surface area contributed by atoms with Gasteiger partial charge in [0.1, 0.15) is 0 Å². The van der Waals surface area contributed by atoms with Gasteiger partial charge in [-0.1, -0.05) is 61.4 Å². The third-order valence-corrected chi connectivity index (χ3v) is 4.79. The van der Waals surface area contributed by atoms with E-state index in [1.807, 2.05) is 0 Å². The molecule has 2 aliphatic rings. The van der Waals surface area contributed by atoms with Crippen LogP contribution in [0, 0.1) is 11.8 Å². The lowest BCUT2D eigenvalue weighted by atomic mass is 9.68. The third-order valence-electron chi connectivity index (χ3n) is 4.79. The number of rotatable bonds is 1. The Hall–Kier alpha value is -1.30. The fourth-order valence-electron chi connectivity index (χ4n) is 3.69. The molecule has 0 saturated carbocycles. The van der Waals surface area contributed by atoms with E-state index in [1.165, 1.54) is 18.4 Å². The predicted molar refractivity (Wildman–Crippen MR) is 77.5 cm³/mol. The molecule has 0 spiro atoms. The van der Waals surface area contributed by atoms with E-state index >= 15 is 0 Å². The van der Waals surface area contributed by atoms with E-state index in [0.717, 1.165) is 11.8 Å². The van der Waals surface area contributed by atoms with Gasteiger partial charge in [0.15, 0.2) is 0 Å². The molecule has 0 heteroatoms. The van der Waals surface area contributed by atoms with Gasteiger partial charge in [0.25, 0.3) is 0 Å². The van der Waals surface area contributed by atoms with Gasteiger partial charge in [-0.15, -0.1) is 0 Å². The van der Waals surface area contributed by atoms with E-state index in [4.69, 9.17) is 0 Å². The van der Waals surface area contributed by atoms with Crippen LogP contribution in [-0.4, -0.2) is 0 Å². The van der Waals surface area contributed by atoms with Gasteiger partial charge in [-0.3, -0.25) is 0 Å². The molecular weight excluding hydrogens is 216 g/mol. The van der Waals surface area contributed by atoms with Gasteiger partial charge in [-0.2, -0.15) is 0 Å². The summed E-state index contributed by atoms with van der Waals surface area (Å²) in [6.45, 7) is 7.11. The van der Waals surface area contributed by atoms with Crippen molar-refractivity contribution in [2.24, 2.45) is 11.8 Å². The second kappa shape index (κ2) is 4.42. The minimum absolute atomic E-state index is 0.613. The van der Waals surface area contributed by atoms with Crippen LogP contribution in [0.5, 0.6) is 0 Å². The van der Waals surface area contributed by atoms with Crippen LogP contribution in [0.25, 0.3) is 0 Å². The van der Waals surface area contributed by atoms with Gasteiger partial charge in [-0.25, -0.2) is 0 Å². The van der Waals surface area contributed by atoms with E-state index in [0.29, 0.717) is 5.92 Å². The molecule has 3 unspecified atom stereocenters. The van der Waals surface area contributed by atoms with E-state index in [9.17, 15) is 0 Å². The van der Waals surface area contributed by atoms with E-state index in [-0.39, 0.29) is 0 Å². The maximum Gasteiger partial charge on any atom is 0.0117 e. The lowest BCUT2D eigenvalue weighted by Gasteiger charge is -2.36. The molecule has 1 aromatic rings. The largest absolute Gasteiger partial charge is 0.0690 e. The Morgan fingerprint density at radius 2 is 1.78 bits per heavy atom. The monoisotopic (exact) mass is 238 g/mol. The van der Waals surface area contributed by atoms with E-state index in [1.54, 1.807) is 16.7 Å². The SMILES string of the molecule is CC1=CC2=C(C1)CC(C)C(C)C2c1ccccc1. The van der Waals surface area contributed by atoms with Crippen LogP contribution < -0.4 is 0 Å². The predicted octanol–water partition coefficient (Wildman–Crippen LogP) is 5.09. The molecule has 2 aliphatic carbocycles. The molecular formula is C18H22. The third kappa shape index (κ3) is 1.84. The van der Waals surface area contributed by atoms with Gasteiger partial charge < -0.3 is 0 Å². The fraction of sp³-hybridized carbons (Fsp3) is 0.444. The molecule has 0 saturated heterocycles. The lowest BCUT2D eigenvalue weighted by Crippen LogP contribution is -2.24. The van der Waals surface area contributed by atoms with Gasteiger partial charge in [-0.05, 0) is 42.7 Å². The zero-order chi connectivity index (χ0) is 12.7. The molecule has 3 atom stereocenters. The van der Waals surface area contributed by atoms with Crippen LogP contribution in [-0.2, 0) is 0 Å². The summed E-state index contributed by atoms with van der Waals surface area (Å²) in [4.78, 5) is 0. The molecule has 0 radical (unpaired) electrons. The van der Waals surface area contributed by atoms with Crippen molar-refractivity contribution in [1.29, 1.82) is 0 Å². The van der Waals surface area contributed by atoms with E-state index in [2.05, 4.69) is 57.2 Å². The van der Waals surface area contributed by atoms with Crippen molar-refractivity contribution in [3.63, 3.8) is 0 Å². The first-order chi connectivity index (χ1) is 8.66. The molecule has 3 rings (SSSR count). The van der Waals surface area contributed by atoms with Gasteiger partial charge in [0.2, 0.25) is 0 Å². The van der Waals surface area contributed by atoms with Crippen LogP contribution in [0.4, 0.5) is 0 Å². The highest BCUT2D eigenvalue weighted by Crippen LogP contribution is 2.49. The molecule has 0 fully saturated rings. The fourth-order valence-corrected chi connectivity index (χ4v) is 3.69. The standard InChI is InChI=1S/C18H22/c1-12-9-16-11-13(2)14(3)18(17(16)10-12)15-7-5-4-6-8-15/h4-8,10,13-14,18H,9,11H2,1-3H3. The highest BCUT2D eigenvalue weighted by Gasteiger charge is 2.35. The smallest absolute Gasteiger partial charge is 0.0117 e. The zero-order valence-electron chi connectivity index (χ0n) is 11.6. The molecule has 0 N–H and O–H groups in total. The van der Waals surface area contributed by atoms with Crippen molar-refractivity contribution in [3.05, 3.63) is 58.7 Å². The minimum Gasteiger partial charge on any atom is -0.0690 e. The van der Waals surface area contributed by atoms with Crippen molar-refractivity contribution < 1.29 is 0 Å². The summed E-state index contributed by atoms with van der Waals surface area (Å²) >= 11 is 0. The molecule has 0 aromatic heterocycles. The molecule has 0 amide bonds. The normalized spacial score (nSPS) is 31.3. The first kappa shape index (κ1) is 11.8. The molecule has 1 aromatic carbocycles. The molecule has 0 heterocycles. The van der Waals surface area contributed by atoms with Crippen LogP contribution in [0.2, 0.25) is 0 Å². The number of allylic oxidation sites excluding steroid dienone is 4. The number of benzene rings is 1. The molecule has 0 aliphatic heterocycles. The van der Waals surface area contributed by atoms with Gasteiger partial charge in [0.05, 0.1) is 0 Å². The van der Waals surface area contributed by atoms with Crippen LogP contribution in [0.3, 0.4) is 0 Å². The zero-order valence-corrected chi connectivity index (χ0v) is 11.6. The van der Waals surface area contributed by atoms with Gasteiger partial charge in [0, 0.05) is 5.92 Å². The average Bonchev–Trinajstić information content (AvgIpc) is 2.71. The summed E-state index contributed by atoms with van der Waals surface area (Å²) in [5, 5.41) is 0. The summed E-state index contributed by atoms with van der Waals surface area (Å²) in [5.41, 5.74) is 6.37. The Balaban J connectivity index is 2.07. The molecule has 18 heavy (non-hydrogen) atoms. The Bertz CT molecular complexity index is 504. The maximum absolute atomic E-state index is 2.45. The van der Waals surface area contributed by atoms with Crippen molar-refractivity contribution in [3.8, 4) is 0 Å². The topological polar surface area (TPSA) is 0 Å². The lowest BCUT2D eigenvalue weighted by molar-refractivity contribution is 0.326. The summed E-state index contributed by atoms with van der Waals surface area (Å²) < 4.78 is 0. The summed E-state index contributed by atoms with van der Waals surface area (Å²) in [6.07, 6.45) is 4.97. The number of hydrogen-bond donors (Lipinski definition) is 0. The van der Waals surface area contributed by atoms with Crippen LogP contribution in [0.1, 0.15) is 45.1 Å². The molecule has 0 bridgehead atoms. The molecule has 0 nitrogen and oxygen atoms in total. The molecule has 94 valence electrons. The highest BCUT2D eigenvalue weighted by atomic mass is 14.4. The summed E-state index contributed by atoms with van der Waals surface area (Å²) in [7, 11) is 0. The summed E-state index contributed by atoms with van der Waals surface area (Å²) in [6, 6.07) is 11.1. The van der Waals surface area contributed by atoms with Crippen LogP contribution in [0.15, 0.2) is 53.1 Å². The first-order valence-electron chi connectivity index (χ1n) is 7.11. The highest BCUT2D eigenvalue weighted by molar-refractivity contribution is 5.47. The van der Waals surface area contributed by atoms with Crippen molar-refractivity contribution in [2.45, 2.75) is 39.5 Å². The second-order valence-electron chi connectivity index (χ2n) is 6.16. The van der Waals surface area contributed by atoms with E-state index < -0.39 is 0 Å². The Kier molecular flexibility index (Phi) is 2.89. The van der Waals surface area contributed by atoms with Gasteiger partial charge >= 0.3 is 0 Å². The Labute approximate surface area is 110 Å².